The number of hydrogen-bond acceptors (Lipinski definition) is 5. The molecule has 0 N–H and O–H groups in total. The molecule has 0 aliphatic carbocycles. The quantitative estimate of drug-likeness (QED) is 0.508. The van der Waals surface area contributed by atoms with Crippen molar-refractivity contribution in [3.63, 3.8) is 0 Å². The Labute approximate surface area is 173 Å². The summed E-state index contributed by atoms with van der Waals surface area (Å²) < 4.78 is 15.9. The number of halogens is 1. The van der Waals surface area contributed by atoms with Gasteiger partial charge in [0.2, 0.25) is 0 Å². The van der Waals surface area contributed by atoms with Gasteiger partial charge in [-0.1, -0.05) is 0 Å². The van der Waals surface area contributed by atoms with Crippen LogP contribution >= 0.6 is 0 Å². The number of nitrogens with zero attached hydrogens (tertiary/aromatic N) is 6. The van der Waals surface area contributed by atoms with E-state index in [2.05, 4.69) is 19.9 Å². The maximum absolute atomic E-state index is 13.9. The number of hydrogen-bond donors (Lipinski definition) is 0. The van der Waals surface area contributed by atoms with Crippen LogP contribution in [0.4, 0.5) is 4.39 Å². The van der Waals surface area contributed by atoms with E-state index in [1.54, 1.807) is 49.6 Å². The fourth-order valence-electron chi connectivity index (χ4n) is 3.32. The van der Waals surface area contributed by atoms with Crippen molar-refractivity contribution in [3.05, 3.63) is 72.1 Å². The number of fused-ring (bicyclic) bond motifs is 1. The number of aryl methyl sites for hydroxylation is 2. The first-order valence-electron chi connectivity index (χ1n) is 9.61. The predicted octanol–water partition coefficient (Wildman–Crippen LogP) is 3.63. The van der Waals surface area contributed by atoms with E-state index in [4.69, 9.17) is 0 Å². The molecule has 0 saturated carbocycles. The molecule has 1 amide bonds. The molecule has 8 heteroatoms. The third-order valence-electron chi connectivity index (χ3n) is 4.95. The third-order valence-corrected chi connectivity index (χ3v) is 4.95. The van der Waals surface area contributed by atoms with Crippen LogP contribution in [0.25, 0.3) is 22.2 Å². The topological polar surface area (TPSA) is 76.8 Å². The molecule has 7 nitrogen and oxygen atoms in total. The van der Waals surface area contributed by atoms with E-state index < -0.39 is 5.82 Å². The molecule has 0 atom stereocenters. The number of benzene rings is 1. The maximum Gasteiger partial charge on any atom is 0.254 e. The van der Waals surface area contributed by atoms with Gasteiger partial charge in [0.1, 0.15) is 17.5 Å². The van der Waals surface area contributed by atoms with Crippen molar-refractivity contribution in [2.24, 2.45) is 0 Å². The van der Waals surface area contributed by atoms with Crippen LogP contribution in [0.2, 0.25) is 0 Å². The summed E-state index contributed by atoms with van der Waals surface area (Å²) in [6.45, 7) is 4.94. The molecule has 1 aromatic carbocycles. The van der Waals surface area contributed by atoms with Crippen molar-refractivity contribution in [1.29, 1.82) is 0 Å². The Bertz CT molecular complexity index is 1220. The van der Waals surface area contributed by atoms with Gasteiger partial charge in [-0.25, -0.2) is 24.3 Å². The minimum absolute atomic E-state index is 0.200. The average molecular weight is 404 g/mol. The second-order valence-corrected chi connectivity index (χ2v) is 7.03. The molecule has 0 bridgehead atoms. The molecular formula is C22H21FN6O. The highest BCUT2D eigenvalue weighted by atomic mass is 19.1. The Kier molecular flexibility index (Phi) is 5.22. The van der Waals surface area contributed by atoms with Crippen LogP contribution in [0, 0.1) is 12.7 Å². The van der Waals surface area contributed by atoms with Crippen molar-refractivity contribution in [2.75, 3.05) is 7.05 Å². The average Bonchev–Trinajstić information content (AvgIpc) is 3.19. The highest BCUT2D eigenvalue weighted by molar-refractivity contribution is 6.07. The van der Waals surface area contributed by atoms with E-state index in [1.807, 2.05) is 17.7 Å². The third kappa shape index (κ3) is 3.76. The summed E-state index contributed by atoms with van der Waals surface area (Å²) in [6, 6.07) is 5.95. The smallest absolute Gasteiger partial charge is 0.254 e. The fraction of sp³-hybridized carbons (Fsp3) is 0.227. The maximum atomic E-state index is 13.9. The SMILES string of the molecule is CCn1ccnc1CN(C)C(=O)c1cc(-c2cnc(C)nc2)nc2cc(F)ccc12. The predicted molar refractivity (Wildman–Crippen MR) is 111 cm³/mol. The molecule has 3 heterocycles. The summed E-state index contributed by atoms with van der Waals surface area (Å²) in [7, 11) is 1.72. The van der Waals surface area contributed by atoms with Gasteiger partial charge in [-0.15, -0.1) is 0 Å². The molecule has 0 aliphatic heterocycles. The highest BCUT2D eigenvalue weighted by Crippen LogP contribution is 2.26. The second-order valence-electron chi connectivity index (χ2n) is 7.03. The van der Waals surface area contributed by atoms with Crippen LogP contribution in [0.1, 0.15) is 28.9 Å². The Morgan fingerprint density at radius 3 is 2.67 bits per heavy atom. The molecule has 0 unspecified atom stereocenters. The van der Waals surface area contributed by atoms with Gasteiger partial charge in [0.05, 0.1) is 23.3 Å². The number of carbonyl (C=O) groups is 1. The zero-order valence-corrected chi connectivity index (χ0v) is 17.0. The van der Waals surface area contributed by atoms with Crippen LogP contribution in [-0.2, 0) is 13.1 Å². The molecule has 0 spiro atoms. The molecule has 0 saturated heterocycles. The van der Waals surface area contributed by atoms with E-state index in [9.17, 15) is 9.18 Å². The van der Waals surface area contributed by atoms with Gasteiger partial charge in [-0.2, -0.15) is 0 Å². The Morgan fingerprint density at radius 1 is 1.17 bits per heavy atom. The van der Waals surface area contributed by atoms with Gasteiger partial charge in [-0.05, 0) is 32.0 Å². The van der Waals surface area contributed by atoms with E-state index in [-0.39, 0.29) is 5.91 Å². The van der Waals surface area contributed by atoms with Crippen molar-refractivity contribution >= 4 is 16.8 Å². The van der Waals surface area contributed by atoms with E-state index in [1.165, 1.54) is 12.1 Å². The van der Waals surface area contributed by atoms with Crippen LogP contribution < -0.4 is 0 Å². The minimum atomic E-state index is -0.413. The normalized spacial score (nSPS) is 11.1. The summed E-state index contributed by atoms with van der Waals surface area (Å²) in [5.41, 5.74) is 2.01. The first-order chi connectivity index (χ1) is 14.5. The summed E-state index contributed by atoms with van der Waals surface area (Å²) >= 11 is 0. The summed E-state index contributed by atoms with van der Waals surface area (Å²) in [6.07, 6.45) is 6.89. The molecule has 0 fully saturated rings. The standard InChI is InChI=1S/C22H21FN6O/c1-4-29-8-7-24-21(29)13-28(3)22(30)18-10-19(15-11-25-14(2)26-12-15)27-20-9-16(23)5-6-17(18)20/h5-12H,4,13H2,1-3H3. The zero-order chi connectivity index (χ0) is 21.3. The van der Waals surface area contributed by atoms with Gasteiger partial charge in [-0.3, -0.25) is 4.79 Å². The highest BCUT2D eigenvalue weighted by Gasteiger charge is 2.19. The number of carbonyl (C=O) groups excluding carboxylic acids is 1. The van der Waals surface area contributed by atoms with Gasteiger partial charge >= 0.3 is 0 Å². The molecule has 4 rings (SSSR count). The number of rotatable bonds is 5. The van der Waals surface area contributed by atoms with E-state index in [0.29, 0.717) is 40.1 Å². The van der Waals surface area contributed by atoms with Crippen molar-refractivity contribution in [2.45, 2.75) is 26.9 Å². The molecule has 3 aromatic heterocycles. The van der Waals surface area contributed by atoms with Gasteiger partial charge in [0.25, 0.3) is 5.91 Å². The lowest BCUT2D eigenvalue weighted by atomic mass is 10.0. The Hall–Kier alpha value is -3.68. The molecule has 30 heavy (non-hydrogen) atoms. The number of aromatic nitrogens is 5. The molecule has 152 valence electrons. The lowest BCUT2D eigenvalue weighted by Crippen LogP contribution is -2.28. The molecule has 4 aromatic rings. The lowest BCUT2D eigenvalue weighted by molar-refractivity contribution is 0.0782. The first-order valence-corrected chi connectivity index (χ1v) is 9.61. The zero-order valence-electron chi connectivity index (χ0n) is 17.0. The molecule has 0 aliphatic rings. The largest absolute Gasteiger partial charge is 0.334 e. The van der Waals surface area contributed by atoms with E-state index in [0.717, 1.165) is 12.4 Å². The number of imidazole rings is 1. The van der Waals surface area contributed by atoms with Gasteiger partial charge in [0, 0.05) is 55.4 Å². The summed E-state index contributed by atoms with van der Waals surface area (Å²) in [4.78, 5) is 32.2. The van der Waals surface area contributed by atoms with Crippen molar-refractivity contribution < 1.29 is 9.18 Å². The fourth-order valence-corrected chi connectivity index (χ4v) is 3.32. The first kappa shape index (κ1) is 19.6. The van der Waals surface area contributed by atoms with Crippen LogP contribution in [-0.4, -0.2) is 42.4 Å². The second kappa shape index (κ2) is 7.98. The monoisotopic (exact) mass is 404 g/mol. The van der Waals surface area contributed by atoms with Gasteiger partial charge in [0.15, 0.2) is 0 Å². The van der Waals surface area contributed by atoms with Gasteiger partial charge < -0.3 is 9.47 Å². The molecular weight excluding hydrogens is 383 g/mol. The summed E-state index contributed by atoms with van der Waals surface area (Å²) in [5.74, 6) is 0.816. The van der Waals surface area contributed by atoms with Crippen LogP contribution in [0.15, 0.2) is 49.1 Å². The number of amides is 1. The van der Waals surface area contributed by atoms with Crippen molar-refractivity contribution in [1.82, 2.24) is 29.4 Å². The lowest BCUT2D eigenvalue weighted by Gasteiger charge is -2.19. The summed E-state index contributed by atoms with van der Waals surface area (Å²) in [5, 5.41) is 0.587. The Morgan fingerprint density at radius 2 is 1.93 bits per heavy atom. The Balaban J connectivity index is 1.78. The van der Waals surface area contributed by atoms with E-state index >= 15 is 0 Å². The molecule has 0 radical (unpaired) electrons. The minimum Gasteiger partial charge on any atom is -0.334 e. The number of pyridine rings is 1. The van der Waals surface area contributed by atoms with Crippen LogP contribution in [0.3, 0.4) is 0 Å². The van der Waals surface area contributed by atoms with Crippen LogP contribution in [0.5, 0.6) is 0 Å². The van der Waals surface area contributed by atoms with Crippen molar-refractivity contribution in [3.8, 4) is 11.3 Å².